The molecule has 7 aliphatic heterocycles. The van der Waals surface area contributed by atoms with Gasteiger partial charge in [0.15, 0.2) is 8.32 Å². The van der Waals surface area contributed by atoms with E-state index in [1.807, 2.05) is 13.8 Å². The van der Waals surface area contributed by atoms with E-state index in [1.54, 1.807) is 83.1 Å². The zero-order valence-electron chi connectivity index (χ0n) is 91.2. The van der Waals surface area contributed by atoms with Crippen LogP contribution in [-0.2, 0) is 66.1 Å². The highest BCUT2D eigenvalue weighted by atomic mass is 29.4. The zero-order chi connectivity index (χ0) is 110. The minimum atomic E-state index is -4.31. The molecule has 0 aromatic carbocycles. The summed E-state index contributed by atoms with van der Waals surface area (Å²) in [5.74, 6) is 85.1. The number of terminal acetylenes is 9. The highest BCUT2D eigenvalue weighted by Gasteiger charge is 2.92. The third kappa shape index (κ3) is 43.3. The molecule has 144 heavy (non-hydrogen) atoms. The molecule has 0 aromatic heterocycles. The van der Waals surface area contributed by atoms with Gasteiger partial charge in [0.05, 0.1) is 13.4 Å². The maximum absolute atomic E-state index is 13.9. The van der Waals surface area contributed by atoms with Gasteiger partial charge in [-0.05, 0) is 391 Å². The predicted molar refractivity (Wildman–Crippen MR) is 613 cm³/mol. The Balaban J connectivity index is -0.00000144. The monoisotopic (exact) mass is 2110 g/mol. The Morgan fingerprint density at radius 1 is 0.312 bits per heavy atom. The van der Waals surface area contributed by atoms with Crippen LogP contribution in [0.25, 0.3) is 0 Å². The van der Waals surface area contributed by atoms with Crippen LogP contribution >= 0.6 is 0 Å². The average molecular weight is 2110 g/mol. The van der Waals surface area contributed by atoms with Crippen molar-refractivity contribution in [1.82, 2.24) is 14.7 Å². The third-order valence-corrected chi connectivity index (χ3v) is 94.7. The maximum Gasteiger partial charge on any atom is 0.483 e. The first-order valence-electron chi connectivity index (χ1n) is 47.4. The lowest BCUT2D eigenvalue weighted by Crippen LogP contribution is -3.00. The number of fused-ring (bicyclic) bond motifs is 2. The van der Waals surface area contributed by atoms with Crippen LogP contribution in [0.15, 0.2) is 33.4 Å². The van der Waals surface area contributed by atoms with E-state index in [4.69, 9.17) is 82.3 Å². The molecule has 7 heterocycles. The van der Waals surface area contributed by atoms with Crippen molar-refractivity contribution < 1.29 is 66.1 Å². The second-order valence-corrected chi connectivity index (χ2v) is 84.8. The number of carbonyl (C=O) groups excluding carboxylic acids is 6. The van der Waals surface area contributed by atoms with Crippen molar-refractivity contribution in [3.05, 3.63) is 33.4 Å². The van der Waals surface area contributed by atoms with Gasteiger partial charge in [-0.1, -0.05) is 153 Å². The van der Waals surface area contributed by atoms with E-state index in [-0.39, 0.29) is 104 Å². The number of hydrogen-bond acceptors (Lipinski definition) is 15. The van der Waals surface area contributed by atoms with Crippen LogP contribution in [0.2, 0.25) is 93.2 Å². The van der Waals surface area contributed by atoms with Crippen LogP contribution in [0.3, 0.4) is 0 Å². The SMILES string of the molecule is C.C#C.C#CC.C#CC#CC.C#CC#CC#C.C#CC#CC#CC.C#CC#CC#CC#CC.C#CC#CC#CC#CC#C.CC#CC.CC#CC#CC#CC.CC1=C(C)C(=O)N(CCC[Si](C)(C)O[Si]2(CC(C)C)O[Si]3(CC(C)C)O[Si]4(CC(C)C)O[Si](C)(CCCN5C(=O)C(C)=C(C)C5=O)C([Si](C)(C)CCCN5C(=O)C(C)=C(C)C5=O)O[Si]5(CC(C)C)O[Si]2(CC(C)C)O[Si]3(CC(C)C)O[Si]4(CC(C)C)O5)C1=O. The molecule has 6 amide bonds. The number of amides is 6. The average Bonchev–Trinajstić information content (AvgIpc) is 0.690. The summed E-state index contributed by atoms with van der Waals surface area (Å²) >= 11 is 0. The van der Waals surface area contributed by atoms with Crippen LogP contribution in [0, 0.1) is 319 Å². The topological polar surface area (TPSA) is 195 Å². The molecule has 9 unspecified atom stereocenters. The van der Waals surface area contributed by atoms with Crippen molar-refractivity contribution in [3.8, 4) is 277 Å². The maximum atomic E-state index is 13.9. The molecular formula is C116H153N3O15Si10. The molecule has 0 aromatic rings. The largest absolute Gasteiger partial charge is 0.483 e. The van der Waals surface area contributed by atoms with Gasteiger partial charge < -0.3 is 37.3 Å². The summed E-state index contributed by atoms with van der Waals surface area (Å²) in [5, 5.41) is -0.526. The molecule has 762 valence electrons. The molecular weight excluding hydrogens is 1960 g/mol. The van der Waals surface area contributed by atoms with E-state index in [1.165, 1.54) is 14.7 Å². The lowest BCUT2D eigenvalue weighted by atomic mass is 10.2. The molecule has 4 fully saturated rings. The third-order valence-electron chi connectivity index (χ3n) is 21.6. The minimum absolute atomic E-state index is 0. The summed E-state index contributed by atoms with van der Waals surface area (Å²) in [5.41, 5.74) is 2.88. The van der Waals surface area contributed by atoms with Crippen molar-refractivity contribution in [3.63, 3.8) is 0 Å². The van der Waals surface area contributed by atoms with E-state index in [9.17, 15) is 28.8 Å². The lowest BCUT2D eigenvalue weighted by Gasteiger charge is -2.72. The molecule has 4 saturated heterocycles. The number of rotatable bonds is 29. The highest BCUT2D eigenvalue weighted by molar-refractivity contribution is 7.53. The molecule has 0 saturated carbocycles. The van der Waals surface area contributed by atoms with Crippen molar-refractivity contribution in [2.24, 2.45) is 41.4 Å². The molecule has 0 aliphatic carbocycles. The van der Waals surface area contributed by atoms with Crippen LogP contribution in [0.5, 0.6) is 0 Å². The number of carbonyl (C=O) groups is 6. The number of nitrogens with zero attached hydrogens (tertiary/aromatic N) is 3. The predicted octanol–water partition coefficient (Wildman–Crippen LogP) is 18.9. The summed E-state index contributed by atoms with van der Waals surface area (Å²) in [4.78, 5) is 86.5. The minimum Gasteiger partial charge on any atom is -0.435 e. The van der Waals surface area contributed by atoms with Crippen molar-refractivity contribution >= 4 is 117 Å². The van der Waals surface area contributed by atoms with Crippen LogP contribution in [-0.4, -0.2) is 157 Å². The van der Waals surface area contributed by atoms with E-state index in [0.29, 0.717) is 113 Å². The number of imide groups is 3. The summed E-state index contributed by atoms with van der Waals surface area (Å²) in [6.45, 7) is 68.2. The van der Waals surface area contributed by atoms with Gasteiger partial charge in [0.2, 0.25) is 8.32 Å². The Labute approximate surface area is 882 Å². The van der Waals surface area contributed by atoms with Gasteiger partial charge in [-0.15, -0.1) is 82.0 Å². The molecule has 4 bridgehead atoms. The lowest BCUT2D eigenvalue weighted by molar-refractivity contribution is -0.139. The van der Waals surface area contributed by atoms with Gasteiger partial charge in [0.25, 0.3) is 35.4 Å². The Morgan fingerprint density at radius 2 is 0.549 bits per heavy atom. The molecule has 0 radical (unpaired) electrons. The molecule has 0 spiro atoms. The molecule has 7 rings (SSSR count). The summed E-state index contributed by atoms with van der Waals surface area (Å²) < 4.78 is 79.5. The molecule has 0 N–H and O–H groups in total. The Kier molecular flexibility index (Phi) is 67.5. The Hall–Kier alpha value is -11.7. The number of hydrogen-bond donors (Lipinski definition) is 0. The quantitative estimate of drug-likeness (QED) is 0.0389. The second-order valence-electron chi connectivity index (χ2n) is 37.8. The fourth-order valence-electron chi connectivity index (χ4n) is 16.4. The van der Waals surface area contributed by atoms with E-state index >= 15 is 0 Å². The van der Waals surface area contributed by atoms with E-state index in [2.05, 4.69) is 362 Å². The second kappa shape index (κ2) is 70.1. The molecule has 28 heteroatoms. The van der Waals surface area contributed by atoms with E-state index in [0.717, 1.165) is 0 Å². The van der Waals surface area contributed by atoms with Gasteiger partial charge in [-0.3, -0.25) is 43.5 Å². The van der Waals surface area contributed by atoms with Gasteiger partial charge in [0, 0.05) is 59.1 Å². The van der Waals surface area contributed by atoms with Crippen molar-refractivity contribution in [1.29, 1.82) is 0 Å². The summed E-state index contributed by atoms with van der Waals surface area (Å²) in [6.07, 6.45) is 47.5. The standard InChI is InChI=1S/C61H115N3O15Si10.C10H2.C9H4.C8H6.C7H4.C6H2.C5H4.C4H6.C3H4.C2H2.CH4/c1-42(2)35-83-71-61(80(21,22)32-26-29-62-55(65)49(15)50(16)56(62)66)82(25,34-28-31-64-59(69)53(19)54(20)60(64)70)73-85(37-44(5)6)77-88(40-47(11)12)76-84(36-43(3)4,72-81(23,24)33-27-30-63-57(67)51(17)52(18)58(63)68)86(74-83,38-45(7)8)78-89(88,41-48(13)14)79-87(85,75-83)39-46(9)10;1-3-5-7-9-10-8-6-4-2;1-3-5-7-9-8-6-4-2;1-3-5-7-8-6-4-2;1-3-5-7-6-4-2;1-3-5-6-4-2;1-3-5-4-2;1-3-4-2;1-3-2;1-2;/h42-48,61H,26-41H2,1-25H3;1-2H;1H,2H3;1-2H3;1H,2H3;1-2H;1H,2H3;1-2H3;1H,2H3;1-2H;1H4. The normalized spacial score (nSPS) is 21.7. The summed E-state index contributed by atoms with van der Waals surface area (Å²) in [7, 11) is -37.7. The molecule has 7 aliphatic rings. The van der Waals surface area contributed by atoms with Crippen molar-refractivity contribution in [2.45, 2.75) is 319 Å². The van der Waals surface area contributed by atoms with Crippen molar-refractivity contribution in [2.75, 3.05) is 19.6 Å². The zero-order valence-corrected chi connectivity index (χ0v) is 101. The highest BCUT2D eigenvalue weighted by Crippen LogP contribution is 2.62. The molecule has 9 atom stereocenters. The van der Waals surface area contributed by atoms with Gasteiger partial charge in [-0.2, -0.15) is 0 Å². The first-order valence-corrected chi connectivity index (χ1v) is 73.6. The first kappa shape index (κ1) is 139. The molecule has 18 nitrogen and oxygen atoms in total. The Bertz CT molecular complexity index is 5830. The Morgan fingerprint density at radius 3 is 0.833 bits per heavy atom. The smallest absolute Gasteiger partial charge is 0.435 e. The van der Waals surface area contributed by atoms with Gasteiger partial charge >= 0.3 is 57.3 Å². The van der Waals surface area contributed by atoms with Crippen LogP contribution in [0.1, 0.15) is 221 Å². The van der Waals surface area contributed by atoms with Crippen LogP contribution in [0.4, 0.5) is 0 Å². The van der Waals surface area contributed by atoms with Gasteiger partial charge in [-0.25, -0.2) is 0 Å². The van der Waals surface area contributed by atoms with Crippen LogP contribution < -0.4 is 0 Å². The summed E-state index contributed by atoms with van der Waals surface area (Å²) in [6, 6.07) is 5.71. The fraction of sp³-hybridized carbons (Fsp3) is 0.500. The van der Waals surface area contributed by atoms with E-state index < -0.39 is 87.3 Å². The first-order chi connectivity index (χ1) is 67.2. The van der Waals surface area contributed by atoms with Gasteiger partial charge in [0.1, 0.15) is 0 Å². The fourth-order valence-corrected chi connectivity index (χ4v) is 130.